The molecule has 0 saturated heterocycles. The van der Waals surface area contributed by atoms with Crippen molar-refractivity contribution >= 4 is 0 Å². The molecule has 3 nitrogen and oxygen atoms in total. The summed E-state index contributed by atoms with van der Waals surface area (Å²) in [5.41, 5.74) is 1.09. The maximum atomic E-state index is 9.03. The number of rotatable bonds is 4. The molecule has 1 fully saturated rings. The summed E-state index contributed by atoms with van der Waals surface area (Å²) in [7, 11) is 0. The molecule has 0 bridgehead atoms. The van der Waals surface area contributed by atoms with Gasteiger partial charge in [-0.25, -0.2) is 0 Å². The summed E-state index contributed by atoms with van der Waals surface area (Å²) in [5, 5.41) is 12.4. The number of pyridine rings is 1. The average Bonchev–Trinajstić information content (AvgIpc) is 2.24. The Morgan fingerprint density at radius 1 is 1.53 bits per heavy atom. The largest absolute Gasteiger partial charge is 0.311 e. The number of hydrogen-bond donors (Lipinski definition) is 1. The number of nitrogens with zero attached hydrogens (tertiary/aromatic N) is 2. The molecule has 3 heteroatoms. The molecule has 0 spiro atoms. The zero-order valence-corrected chi connectivity index (χ0v) is 8.74. The van der Waals surface area contributed by atoms with Crippen molar-refractivity contribution in [1.82, 2.24) is 10.3 Å². The summed E-state index contributed by atoms with van der Waals surface area (Å²) in [5.74, 6) is 0. The van der Waals surface area contributed by atoms with Gasteiger partial charge in [-0.2, -0.15) is 5.26 Å². The van der Waals surface area contributed by atoms with E-state index in [9.17, 15) is 0 Å². The van der Waals surface area contributed by atoms with Gasteiger partial charge >= 0.3 is 0 Å². The highest BCUT2D eigenvalue weighted by Gasteiger charge is 2.36. The molecule has 0 aromatic carbocycles. The molecule has 1 N–H and O–H groups in total. The number of hydrogen-bond acceptors (Lipinski definition) is 3. The molecule has 1 heterocycles. The third-order valence-corrected chi connectivity index (χ3v) is 3.06. The lowest BCUT2D eigenvalue weighted by Crippen LogP contribution is -2.38. The Balaban J connectivity index is 1.78. The van der Waals surface area contributed by atoms with Gasteiger partial charge in [-0.1, -0.05) is 12.5 Å². The summed E-state index contributed by atoms with van der Waals surface area (Å²) in [6.07, 6.45) is 6.91. The quantitative estimate of drug-likeness (QED) is 0.809. The summed E-state index contributed by atoms with van der Waals surface area (Å²) in [4.78, 5) is 4.05. The van der Waals surface area contributed by atoms with E-state index >= 15 is 0 Å². The second kappa shape index (κ2) is 4.41. The summed E-state index contributed by atoms with van der Waals surface area (Å²) in [6, 6.07) is 6.40. The third-order valence-electron chi connectivity index (χ3n) is 3.06. The van der Waals surface area contributed by atoms with Crippen LogP contribution in [0.15, 0.2) is 24.5 Å². The Hall–Kier alpha value is -1.40. The van der Waals surface area contributed by atoms with Crippen LogP contribution >= 0.6 is 0 Å². The normalized spacial score (nSPS) is 17.8. The second-order valence-electron chi connectivity index (χ2n) is 4.21. The summed E-state index contributed by atoms with van der Waals surface area (Å²) < 4.78 is 0. The van der Waals surface area contributed by atoms with Crippen molar-refractivity contribution in [2.75, 3.05) is 6.54 Å². The lowest BCUT2D eigenvalue weighted by molar-refractivity contribution is 0.206. The highest BCUT2D eigenvalue weighted by molar-refractivity contribution is 5.09. The fraction of sp³-hybridized carbons (Fsp3) is 0.500. The first-order chi connectivity index (χ1) is 7.35. The molecule has 1 aliphatic carbocycles. The van der Waals surface area contributed by atoms with E-state index in [0.717, 1.165) is 25.9 Å². The Bertz CT molecular complexity index is 349. The van der Waals surface area contributed by atoms with Crippen LogP contribution in [-0.4, -0.2) is 11.5 Å². The first-order valence-electron chi connectivity index (χ1n) is 5.36. The van der Waals surface area contributed by atoms with Crippen molar-refractivity contribution in [2.24, 2.45) is 5.41 Å². The van der Waals surface area contributed by atoms with Gasteiger partial charge in [0, 0.05) is 25.5 Å². The molecule has 15 heavy (non-hydrogen) atoms. The van der Waals surface area contributed by atoms with E-state index in [1.807, 2.05) is 18.3 Å². The Kier molecular flexibility index (Phi) is 2.98. The fourth-order valence-electron chi connectivity index (χ4n) is 1.88. The molecular weight excluding hydrogens is 186 g/mol. The first kappa shape index (κ1) is 10.1. The van der Waals surface area contributed by atoms with Crippen molar-refractivity contribution in [3.05, 3.63) is 30.1 Å². The minimum absolute atomic E-state index is 0.0811. The van der Waals surface area contributed by atoms with Crippen LogP contribution in [0.3, 0.4) is 0 Å². The monoisotopic (exact) mass is 201 g/mol. The van der Waals surface area contributed by atoms with Crippen LogP contribution < -0.4 is 5.32 Å². The van der Waals surface area contributed by atoms with Crippen molar-refractivity contribution in [3.8, 4) is 6.07 Å². The van der Waals surface area contributed by atoms with Crippen LogP contribution in [0.1, 0.15) is 24.8 Å². The van der Waals surface area contributed by atoms with Gasteiger partial charge in [0.2, 0.25) is 0 Å². The molecule has 1 aliphatic rings. The summed E-state index contributed by atoms with van der Waals surface area (Å²) in [6.45, 7) is 1.61. The van der Waals surface area contributed by atoms with Gasteiger partial charge < -0.3 is 5.32 Å². The van der Waals surface area contributed by atoms with E-state index in [4.69, 9.17) is 5.26 Å². The minimum atomic E-state index is -0.0811. The van der Waals surface area contributed by atoms with Crippen LogP contribution in [-0.2, 0) is 6.54 Å². The van der Waals surface area contributed by atoms with Gasteiger partial charge in [0.1, 0.15) is 0 Å². The van der Waals surface area contributed by atoms with Crippen molar-refractivity contribution < 1.29 is 0 Å². The predicted octanol–water partition coefficient (Wildman–Crippen LogP) is 1.87. The Morgan fingerprint density at radius 3 is 2.93 bits per heavy atom. The molecule has 0 atom stereocenters. The predicted molar refractivity (Wildman–Crippen MR) is 57.8 cm³/mol. The van der Waals surface area contributed by atoms with Crippen LogP contribution in [0, 0.1) is 16.7 Å². The van der Waals surface area contributed by atoms with Crippen molar-refractivity contribution in [1.29, 1.82) is 5.26 Å². The molecule has 1 aromatic heterocycles. The van der Waals surface area contributed by atoms with Crippen molar-refractivity contribution in [3.63, 3.8) is 0 Å². The van der Waals surface area contributed by atoms with Crippen LogP contribution in [0.25, 0.3) is 0 Å². The van der Waals surface area contributed by atoms with E-state index in [1.54, 1.807) is 6.20 Å². The van der Waals surface area contributed by atoms with Gasteiger partial charge in [0.05, 0.1) is 11.5 Å². The molecule has 2 rings (SSSR count). The van der Waals surface area contributed by atoms with E-state index in [1.165, 1.54) is 12.0 Å². The van der Waals surface area contributed by atoms with Gasteiger partial charge in [-0.05, 0) is 24.5 Å². The van der Waals surface area contributed by atoms with Crippen molar-refractivity contribution in [2.45, 2.75) is 25.8 Å². The topological polar surface area (TPSA) is 48.7 Å². The number of nitriles is 1. The number of aromatic nitrogens is 1. The zero-order chi connectivity index (χ0) is 10.6. The second-order valence-corrected chi connectivity index (χ2v) is 4.21. The van der Waals surface area contributed by atoms with E-state index in [-0.39, 0.29) is 5.41 Å². The van der Waals surface area contributed by atoms with Crippen LogP contribution in [0.5, 0.6) is 0 Å². The van der Waals surface area contributed by atoms with Gasteiger partial charge in [0.25, 0.3) is 0 Å². The summed E-state index contributed by atoms with van der Waals surface area (Å²) >= 11 is 0. The van der Waals surface area contributed by atoms with E-state index in [0.29, 0.717) is 0 Å². The molecule has 0 unspecified atom stereocenters. The maximum Gasteiger partial charge on any atom is 0.0703 e. The van der Waals surface area contributed by atoms with E-state index < -0.39 is 0 Å². The highest BCUT2D eigenvalue weighted by Crippen LogP contribution is 2.39. The Morgan fingerprint density at radius 2 is 2.40 bits per heavy atom. The van der Waals surface area contributed by atoms with Gasteiger partial charge in [0.15, 0.2) is 0 Å². The van der Waals surface area contributed by atoms with Crippen LogP contribution in [0.2, 0.25) is 0 Å². The van der Waals surface area contributed by atoms with Crippen LogP contribution in [0.4, 0.5) is 0 Å². The molecule has 0 radical (unpaired) electrons. The zero-order valence-electron chi connectivity index (χ0n) is 8.74. The highest BCUT2D eigenvalue weighted by atomic mass is 14.9. The molecule has 0 aliphatic heterocycles. The molecule has 1 saturated carbocycles. The molecule has 1 aromatic rings. The number of nitrogens with one attached hydrogen (secondary N) is 1. The average molecular weight is 201 g/mol. The third kappa shape index (κ3) is 2.34. The van der Waals surface area contributed by atoms with Gasteiger partial charge in [-0.15, -0.1) is 0 Å². The first-order valence-corrected chi connectivity index (χ1v) is 5.36. The molecule has 0 amide bonds. The molecular formula is C12H15N3. The molecule has 78 valence electrons. The minimum Gasteiger partial charge on any atom is -0.311 e. The standard InChI is InChI=1S/C12H15N3/c13-9-12(4-2-5-12)10-15-8-11-3-1-6-14-7-11/h1,3,6-7,15H,2,4-5,8,10H2. The maximum absolute atomic E-state index is 9.03. The lowest BCUT2D eigenvalue weighted by Gasteiger charge is -2.35. The smallest absolute Gasteiger partial charge is 0.0703 e. The lowest BCUT2D eigenvalue weighted by atomic mass is 9.70. The van der Waals surface area contributed by atoms with Gasteiger partial charge in [-0.3, -0.25) is 4.98 Å². The SMILES string of the molecule is N#CC1(CNCc2cccnc2)CCC1. The Labute approximate surface area is 90.1 Å². The fourth-order valence-corrected chi connectivity index (χ4v) is 1.88. The van der Waals surface area contributed by atoms with E-state index in [2.05, 4.69) is 16.4 Å².